The largest absolute Gasteiger partial charge is 0.409 e. The molecule has 1 aliphatic heterocycles. The molecule has 0 aromatic carbocycles. The molecule has 0 bridgehead atoms. The quantitative estimate of drug-likeness (QED) is 0.283. The van der Waals surface area contributed by atoms with Crippen LogP contribution in [-0.4, -0.2) is 35.1 Å². The van der Waals surface area contributed by atoms with Gasteiger partial charge in [-0.2, -0.15) is 11.8 Å². The van der Waals surface area contributed by atoms with Crippen LogP contribution in [-0.2, 0) is 0 Å². The average molecular weight is 217 g/mol. The first-order valence-corrected chi connectivity index (χ1v) is 6.18. The lowest BCUT2D eigenvalue weighted by atomic mass is 10.0. The predicted octanol–water partition coefficient (Wildman–Crippen LogP) is 0.854. The summed E-state index contributed by atoms with van der Waals surface area (Å²) in [6.45, 7) is 2.88. The van der Waals surface area contributed by atoms with Crippen molar-refractivity contribution in [2.75, 3.05) is 18.1 Å². The fourth-order valence-corrected chi connectivity index (χ4v) is 2.69. The Balaban J connectivity index is 2.18. The zero-order valence-corrected chi connectivity index (χ0v) is 9.39. The average Bonchev–Trinajstić information content (AvgIpc) is 2.26. The maximum Gasteiger partial charge on any atom is 0.156 e. The first kappa shape index (κ1) is 11.7. The van der Waals surface area contributed by atoms with Crippen LogP contribution in [0.3, 0.4) is 0 Å². The van der Waals surface area contributed by atoms with Crippen LogP contribution in [0.2, 0.25) is 0 Å². The predicted molar refractivity (Wildman–Crippen MR) is 60.9 cm³/mol. The maximum absolute atomic E-state index is 8.46. The van der Waals surface area contributed by atoms with Crippen molar-refractivity contribution in [1.29, 1.82) is 0 Å². The van der Waals surface area contributed by atoms with Gasteiger partial charge in [-0.15, -0.1) is 0 Å². The fourth-order valence-electron chi connectivity index (χ4n) is 1.49. The lowest BCUT2D eigenvalue weighted by molar-refractivity contribution is 0.314. The van der Waals surface area contributed by atoms with E-state index < -0.39 is 0 Å². The van der Waals surface area contributed by atoms with E-state index >= 15 is 0 Å². The molecule has 1 rings (SSSR count). The molecule has 0 amide bonds. The minimum Gasteiger partial charge on any atom is -0.409 e. The highest BCUT2D eigenvalue weighted by atomic mass is 32.2. The summed E-state index contributed by atoms with van der Waals surface area (Å²) in [5.74, 6) is 3.55. The molecule has 0 radical (unpaired) electrons. The Bertz CT molecular complexity index is 192. The van der Waals surface area contributed by atoms with Crippen molar-refractivity contribution in [2.45, 2.75) is 25.8 Å². The third kappa shape index (κ3) is 3.75. The smallest absolute Gasteiger partial charge is 0.156 e. The van der Waals surface area contributed by atoms with E-state index in [4.69, 9.17) is 10.9 Å². The second kappa shape index (κ2) is 6.14. The molecule has 1 unspecified atom stereocenters. The van der Waals surface area contributed by atoms with E-state index in [1.165, 1.54) is 24.3 Å². The highest BCUT2D eigenvalue weighted by molar-refractivity contribution is 7.99. The maximum atomic E-state index is 8.46. The number of nitrogens with one attached hydrogen (secondary N) is 1. The summed E-state index contributed by atoms with van der Waals surface area (Å²) in [4.78, 5) is 0. The van der Waals surface area contributed by atoms with E-state index in [1.54, 1.807) is 0 Å². The van der Waals surface area contributed by atoms with Gasteiger partial charge in [0.15, 0.2) is 5.84 Å². The monoisotopic (exact) mass is 217 g/mol. The number of thioether (sulfide) groups is 1. The Labute approximate surface area is 89.3 Å². The van der Waals surface area contributed by atoms with Gasteiger partial charge in [0.2, 0.25) is 0 Å². The Kier molecular flexibility index (Phi) is 5.11. The van der Waals surface area contributed by atoms with Gasteiger partial charge >= 0.3 is 0 Å². The molecule has 14 heavy (non-hydrogen) atoms. The van der Waals surface area contributed by atoms with Crippen LogP contribution in [0.5, 0.6) is 0 Å². The second-order valence-corrected chi connectivity index (χ2v) is 4.94. The van der Waals surface area contributed by atoms with Gasteiger partial charge in [0.1, 0.15) is 0 Å². The molecule has 0 spiro atoms. The van der Waals surface area contributed by atoms with E-state index in [2.05, 4.69) is 10.5 Å². The summed E-state index contributed by atoms with van der Waals surface area (Å²) in [6.07, 6.45) is 2.56. The summed E-state index contributed by atoms with van der Waals surface area (Å²) in [5, 5.41) is 14.7. The third-order valence-corrected chi connectivity index (χ3v) is 3.66. The number of rotatable bonds is 4. The Morgan fingerprint density at radius 2 is 2.29 bits per heavy atom. The molecular weight excluding hydrogens is 198 g/mol. The van der Waals surface area contributed by atoms with Gasteiger partial charge in [0.25, 0.3) is 0 Å². The van der Waals surface area contributed by atoms with E-state index in [9.17, 15) is 0 Å². The van der Waals surface area contributed by atoms with E-state index in [0.29, 0.717) is 0 Å². The number of nitrogens with two attached hydrogens (primary N) is 1. The van der Waals surface area contributed by atoms with Crippen LogP contribution in [0.1, 0.15) is 19.8 Å². The van der Waals surface area contributed by atoms with E-state index in [1.807, 2.05) is 18.7 Å². The summed E-state index contributed by atoms with van der Waals surface area (Å²) < 4.78 is 0. The molecule has 1 saturated heterocycles. The summed E-state index contributed by atoms with van der Waals surface area (Å²) >= 11 is 2.03. The van der Waals surface area contributed by atoms with Crippen molar-refractivity contribution in [3.8, 4) is 0 Å². The molecule has 1 fully saturated rings. The summed E-state index contributed by atoms with van der Waals surface area (Å²) in [7, 11) is 0. The Hall–Kier alpha value is -0.420. The lowest BCUT2D eigenvalue weighted by Gasteiger charge is -2.23. The zero-order chi connectivity index (χ0) is 10.4. The molecule has 1 aliphatic rings. The molecule has 1 atom stereocenters. The third-order valence-electron chi connectivity index (χ3n) is 2.61. The number of amidine groups is 1. The van der Waals surface area contributed by atoms with E-state index in [0.717, 1.165) is 12.5 Å². The van der Waals surface area contributed by atoms with Gasteiger partial charge in [-0.25, -0.2) is 0 Å². The molecule has 0 saturated carbocycles. The van der Waals surface area contributed by atoms with Crippen LogP contribution in [0.15, 0.2) is 5.16 Å². The van der Waals surface area contributed by atoms with Crippen molar-refractivity contribution >= 4 is 17.6 Å². The molecule has 4 N–H and O–H groups in total. The van der Waals surface area contributed by atoms with Gasteiger partial charge in [0.05, 0.1) is 6.04 Å². The van der Waals surface area contributed by atoms with E-state index in [-0.39, 0.29) is 11.9 Å². The lowest BCUT2D eigenvalue weighted by Crippen LogP contribution is -2.41. The first-order chi connectivity index (χ1) is 6.74. The molecule has 0 aliphatic carbocycles. The molecule has 4 nitrogen and oxygen atoms in total. The van der Waals surface area contributed by atoms with Gasteiger partial charge in [-0.3, -0.25) is 0 Å². The van der Waals surface area contributed by atoms with Crippen LogP contribution in [0.25, 0.3) is 0 Å². The molecule has 5 heteroatoms. The van der Waals surface area contributed by atoms with Gasteiger partial charge in [-0.1, -0.05) is 5.16 Å². The number of hydrogen-bond donors (Lipinski definition) is 3. The van der Waals surface area contributed by atoms with Crippen molar-refractivity contribution < 1.29 is 5.21 Å². The fraction of sp³-hybridized carbons (Fsp3) is 0.889. The number of hydrogen-bond acceptors (Lipinski definition) is 4. The van der Waals surface area contributed by atoms with Crippen molar-refractivity contribution in [3.05, 3.63) is 0 Å². The normalized spacial score (nSPS) is 22.2. The SMILES string of the molecule is CC(NCC1CCSCC1)C(N)=NO. The van der Waals surface area contributed by atoms with Crippen LogP contribution >= 0.6 is 11.8 Å². The second-order valence-electron chi connectivity index (χ2n) is 3.71. The molecule has 0 aromatic rings. The molecule has 82 valence electrons. The minimum atomic E-state index is -0.0328. The van der Waals surface area contributed by atoms with Crippen LogP contribution in [0, 0.1) is 5.92 Å². The standard InChI is InChI=1S/C9H19N3OS/c1-7(9(10)12-13)11-6-8-2-4-14-5-3-8/h7-8,11,13H,2-6H2,1H3,(H2,10,12). The van der Waals surface area contributed by atoms with Gasteiger partial charge in [0, 0.05) is 0 Å². The highest BCUT2D eigenvalue weighted by Crippen LogP contribution is 2.21. The molecular formula is C9H19N3OS. The van der Waals surface area contributed by atoms with Crippen molar-refractivity contribution in [2.24, 2.45) is 16.8 Å². The topological polar surface area (TPSA) is 70.6 Å². The van der Waals surface area contributed by atoms with Gasteiger partial charge < -0.3 is 16.3 Å². The number of oxime groups is 1. The van der Waals surface area contributed by atoms with Crippen LogP contribution < -0.4 is 11.1 Å². The summed E-state index contributed by atoms with van der Waals surface area (Å²) in [6, 6.07) is -0.0328. The molecule has 1 heterocycles. The number of nitrogens with zero attached hydrogens (tertiary/aromatic N) is 1. The first-order valence-electron chi connectivity index (χ1n) is 5.02. The molecule has 0 aromatic heterocycles. The van der Waals surface area contributed by atoms with Crippen molar-refractivity contribution in [1.82, 2.24) is 5.32 Å². The Morgan fingerprint density at radius 3 is 2.86 bits per heavy atom. The Morgan fingerprint density at radius 1 is 1.64 bits per heavy atom. The minimum absolute atomic E-state index is 0.0328. The zero-order valence-electron chi connectivity index (χ0n) is 8.57. The highest BCUT2D eigenvalue weighted by Gasteiger charge is 2.15. The van der Waals surface area contributed by atoms with Crippen molar-refractivity contribution in [3.63, 3.8) is 0 Å². The van der Waals surface area contributed by atoms with Crippen LogP contribution in [0.4, 0.5) is 0 Å². The van der Waals surface area contributed by atoms with Gasteiger partial charge in [-0.05, 0) is 43.7 Å². The summed E-state index contributed by atoms with van der Waals surface area (Å²) in [5.41, 5.74) is 5.47.